The highest BCUT2D eigenvalue weighted by atomic mass is 19.1. The lowest BCUT2D eigenvalue weighted by atomic mass is 10.0. The number of rotatable bonds is 8. The van der Waals surface area contributed by atoms with Crippen LogP contribution < -0.4 is 10.6 Å². The largest absolute Gasteiger partial charge is 0.467 e. The fourth-order valence-corrected chi connectivity index (χ4v) is 2.91. The van der Waals surface area contributed by atoms with Crippen molar-refractivity contribution in [3.63, 3.8) is 0 Å². The Balaban J connectivity index is 2.17. The Morgan fingerprint density at radius 3 is 2.27 bits per heavy atom. The number of amides is 2. The molecule has 156 valence electrons. The van der Waals surface area contributed by atoms with Crippen molar-refractivity contribution in [1.29, 1.82) is 5.26 Å². The first-order chi connectivity index (χ1) is 14.3. The third-order valence-electron chi connectivity index (χ3n) is 4.35. The van der Waals surface area contributed by atoms with Crippen LogP contribution in [0.3, 0.4) is 0 Å². The van der Waals surface area contributed by atoms with Gasteiger partial charge < -0.3 is 15.4 Å². The summed E-state index contributed by atoms with van der Waals surface area (Å²) in [5, 5.41) is 14.0. The van der Waals surface area contributed by atoms with E-state index < -0.39 is 35.7 Å². The molecule has 0 aliphatic rings. The Morgan fingerprint density at radius 2 is 1.70 bits per heavy atom. The highest BCUT2D eigenvalue weighted by Crippen LogP contribution is 2.10. The molecule has 2 atom stereocenters. The van der Waals surface area contributed by atoms with Crippen LogP contribution in [0.25, 0.3) is 0 Å². The summed E-state index contributed by atoms with van der Waals surface area (Å²) in [5.74, 6) is -2.14. The number of carbonyl (C=O) groups excluding carboxylic acids is 3. The molecular formula is C22H22FN3O4. The van der Waals surface area contributed by atoms with Gasteiger partial charge in [0.05, 0.1) is 18.7 Å². The summed E-state index contributed by atoms with van der Waals surface area (Å²) >= 11 is 0. The van der Waals surface area contributed by atoms with Gasteiger partial charge >= 0.3 is 5.97 Å². The normalized spacial score (nSPS) is 12.2. The van der Waals surface area contributed by atoms with Crippen molar-refractivity contribution >= 4 is 17.8 Å². The van der Waals surface area contributed by atoms with E-state index in [4.69, 9.17) is 10.00 Å². The van der Waals surface area contributed by atoms with Crippen molar-refractivity contribution in [2.24, 2.45) is 0 Å². The molecule has 2 aromatic rings. The third kappa shape index (κ3) is 6.71. The molecule has 30 heavy (non-hydrogen) atoms. The zero-order chi connectivity index (χ0) is 22.1. The first-order valence-electron chi connectivity index (χ1n) is 9.21. The zero-order valence-electron chi connectivity index (χ0n) is 16.6. The number of esters is 1. The minimum atomic E-state index is -1.00. The van der Waals surface area contributed by atoms with Crippen molar-refractivity contribution < 1.29 is 23.5 Å². The van der Waals surface area contributed by atoms with Crippen LogP contribution in [-0.2, 0) is 32.0 Å². The molecule has 7 nitrogen and oxygen atoms in total. The summed E-state index contributed by atoms with van der Waals surface area (Å²) in [7, 11) is 1.21. The lowest BCUT2D eigenvalue weighted by Crippen LogP contribution is -2.53. The summed E-state index contributed by atoms with van der Waals surface area (Å²) in [6.07, 6.45) is 0.185. The van der Waals surface area contributed by atoms with Gasteiger partial charge in [0, 0.05) is 19.8 Å². The molecule has 8 heteroatoms. The Hall–Kier alpha value is -3.73. The van der Waals surface area contributed by atoms with Crippen LogP contribution in [-0.4, -0.2) is 37.0 Å². The lowest BCUT2D eigenvalue weighted by Gasteiger charge is -2.22. The van der Waals surface area contributed by atoms with Gasteiger partial charge in [-0.2, -0.15) is 5.26 Å². The summed E-state index contributed by atoms with van der Waals surface area (Å²) in [6.45, 7) is 1.26. The highest BCUT2D eigenvalue weighted by molar-refractivity contribution is 5.90. The SMILES string of the molecule is COC(=O)[C@H](Cc1ccc(C#N)cc1)NC(=O)[C@@H](Cc1cccc(F)c1)NC(C)=O. The number of nitrogens with zero attached hydrogens (tertiary/aromatic N) is 1. The maximum Gasteiger partial charge on any atom is 0.328 e. The molecule has 2 rings (SSSR count). The molecule has 0 fully saturated rings. The standard InChI is InChI=1S/C22H22FN3O4/c1-14(27)25-19(12-17-4-3-5-18(23)10-17)21(28)26-20(22(29)30-2)11-15-6-8-16(13-24)9-7-15/h3-10,19-20H,11-12H2,1-2H3,(H,25,27)(H,26,28)/t19-,20+/m1/s1. The minimum Gasteiger partial charge on any atom is -0.467 e. The molecule has 0 spiro atoms. The fourth-order valence-electron chi connectivity index (χ4n) is 2.91. The van der Waals surface area contributed by atoms with Gasteiger partial charge in [0.2, 0.25) is 11.8 Å². The van der Waals surface area contributed by atoms with Gasteiger partial charge in [-0.15, -0.1) is 0 Å². The van der Waals surface area contributed by atoms with Crippen LogP contribution in [0.1, 0.15) is 23.6 Å². The minimum absolute atomic E-state index is 0.0495. The number of carbonyl (C=O) groups is 3. The van der Waals surface area contributed by atoms with E-state index in [0.717, 1.165) is 0 Å². The van der Waals surface area contributed by atoms with Crippen molar-refractivity contribution in [2.45, 2.75) is 31.8 Å². The second-order valence-corrected chi connectivity index (χ2v) is 6.68. The summed E-state index contributed by atoms with van der Waals surface area (Å²) in [6, 6.07) is 12.3. The van der Waals surface area contributed by atoms with Gasteiger partial charge in [-0.1, -0.05) is 24.3 Å². The highest BCUT2D eigenvalue weighted by Gasteiger charge is 2.27. The maximum absolute atomic E-state index is 13.5. The topological polar surface area (TPSA) is 108 Å². The lowest BCUT2D eigenvalue weighted by molar-refractivity contribution is -0.145. The molecule has 0 radical (unpaired) electrons. The Kier molecular flexibility index (Phi) is 8.06. The van der Waals surface area contributed by atoms with E-state index >= 15 is 0 Å². The van der Waals surface area contributed by atoms with Crippen LogP contribution in [0.2, 0.25) is 0 Å². The Morgan fingerprint density at radius 1 is 1.03 bits per heavy atom. The van der Waals surface area contributed by atoms with Crippen molar-refractivity contribution in [3.8, 4) is 6.07 Å². The van der Waals surface area contributed by atoms with Crippen LogP contribution >= 0.6 is 0 Å². The number of hydrogen-bond donors (Lipinski definition) is 2. The number of halogens is 1. The van der Waals surface area contributed by atoms with Crippen LogP contribution in [0.15, 0.2) is 48.5 Å². The molecule has 0 aliphatic carbocycles. The molecule has 0 unspecified atom stereocenters. The van der Waals surface area contributed by atoms with Gasteiger partial charge in [0.25, 0.3) is 0 Å². The number of nitrogens with one attached hydrogen (secondary N) is 2. The van der Waals surface area contributed by atoms with E-state index in [0.29, 0.717) is 16.7 Å². The van der Waals surface area contributed by atoms with E-state index in [9.17, 15) is 18.8 Å². The molecular weight excluding hydrogens is 389 g/mol. The molecule has 0 heterocycles. The van der Waals surface area contributed by atoms with Crippen molar-refractivity contribution in [2.75, 3.05) is 7.11 Å². The summed E-state index contributed by atoms with van der Waals surface area (Å²) in [5.41, 5.74) is 1.70. The van der Waals surface area contributed by atoms with E-state index in [1.807, 2.05) is 6.07 Å². The van der Waals surface area contributed by atoms with Crippen LogP contribution in [0.5, 0.6) is 0 Å². The molecule has 2 N–H and O–H groups in total. The zero-order valence-corrected chi connectivity index (χ0v) is 16.6. The third-order valence-corrected chi connectivity index (χ3v) is 4.35. The van der Waals surface area contributed by atoms with Gasteiger partial charge in [0.15, 0.2) is 0 Å². The maximum atomic E-state index is 13.5. The molecule has 2 amide bonds. The quantitative estimate of drug-likeness (QED) is 0.642. The monoisotopic (exact) mass is 411 g/mol. The predicted molar refractivity (Wildman–Crippen MR) is 107 cm³/mol. The first kappa shape index (κ1) is 22.6. The van der Waals surface area contributed by atoms with Gasteiger partial charge in [0.1, 0.15) is 17.9 Å². The Labute approximate surface area is 173 Å². The molecule has 0 aliphatic heterocycles. The number of hydrogen-bond acceptors (Lipinski definition) is 5. The molecule has 0 saturated carbocycles. The molecule has 2 aromatic carbocycles. The van der Waals surface area contributed by atoms with Gasteiger partial charge in [-0.25, -0.2) is 9.18 Å². The van der Waals surface area contributed by atoms with Crippen LogP contribution in [0, 0.1) is 17.1 Å². The molecule has 0 saturated heterocycles. The van der Waals surface area contributed by atoms with Gasteiger partial charge in [-0.3, -0.25) is 9.59 Å². The van der Waals surface area contributed by atoms with E-state index in [1.165, 1.54) is 32.2 Å². The fraction of sp³-hybridized carbons (Fsp3) is 0.273. The second-order valence-electron chi connectivity index (χ2n) is 6.68. The average Bonchev–Trinajstić information content (AvgIpc) is 2.72. The molecule has 0 bridgehead atoms. The van der Waals surface area contributed by atoms with Crippen molar-refractivity contribution in [3.05, 3.63) is 71.0 Å². The Bertz CT molecular complexity index is 954. The second kappa shape index (κ2) is 10.7. The predicted octanol–water partition coefficient (Wildman–Crippen LogP) is 1.65. The van der Waals surface area contributed by atoms with E-state index in [1.54, 1.807) is 30.3 Å². The van der Waals surface area contributed by atoms with Crippen molar-refractivity contribution in [1.82, 2.24) is 10.6 Å². The van der Waals surface area contributed by atoms with Crippen LogP contribution in [0.4, 0.5) is 4.39 Å². The number of ether oxygens (including phenoxy) is 1. The summed E-state index contributed by atoms with van der Waals surface area (Å²) in [4.78, 5) is 36.6. The number of nitriles is 1. The first-order valence-corrected chi connectivity index (χ1v) is 9.21. The van der Waals surface area contributed by atoms with E-state index in [-0.39, 0.29) is 12.8 Å². The smallest absolute Gasteiger partial charge is 0.328 e. The number of benzene rings is 2. The van der Waals surface area contributed by atoms with E-state index in [2.05, 4.69) is 10.6 Å². The average molecular weight is 411 g/mol. The summed E-state index contributed by atoms with van der Waals surface area (Å²) < 4.78 is 18.3. The molecule has 0 aromatic heterocycles. The van der Waals surface area contributed by atoms with Gasteiger partial charge in [-0.05, 0) is 35.4 Å². The number of methoxy groups -OCH3 is 1.